The quantitative estimate of drug-likeness (QED) is 0.636. The van der Waals surface area contributed by atoms with Gasteiger partial charge in [0.2, 0.25) is 0 Å². The van der Waals surface area contributed by atoms with Crippen LogP contribution in [0.1, 0.15) is 24.2 Å². The van der Waals surface area contributed by atoms with E-state index < -0.39 is 0 Å². The molecule has 0 aliphatic carbocycles. The molecule has 0 bridgehead atoms. The van der Waals surface area contributed by atoms with Crippen LogP contribution in [-0.2, 0) is 9.53 Å². The Bertz CT molecular complexity index is 438. The van der Waals surface area contributed by atoms with Crippen LogP contribution in [0.4, 0.5) is 5.69 Å². The van der Waals surface area contributed by atoms with E-state index in [1.54, 1.807) is 38.1 Å². The van der Waals surface area contributed by atoms with Gasteiger partial charge < -0.3 is 15.8 Å². The van der Waals surface area contributed by atoms with Crippen LogP contribution in [0, 0.1) is 5.92 Å². The zero-order valence-corrected chi connectivity index (χ0v) is 11.8. The maximum Gasteiger partial charge on any atom is 0.310 e. The Morgan fingerprint density at radius 3 is 2.68 bits per heavy atom. The molecular weight excluding hydrogens is 268 g/mol. The summed E-state index contributed by atoms with van der Waals surface area (Å²) in [6.07, 6.45) is 0. The van der Waals surface area contributed by atoms with Crippen LogP contribution in [0.5, 0.6) is 0 Å². The Morgan fingerprint density at radius 1 is 1.42 bits per heavy atom. The minimum atomic E-state index is -0.366. The molecule has 1 rings (SSSR count). The zero-order valence-electron chi connectivity index (χ0n) is 11.0. The Kier molecular flexibility index (Phi) is 7.60. The van der Waals surface area contributed by atoms with Crippen LogP contribution in [0.25, 0.3) is 0 Å². The summed E-state index contributed by atoms with van der Waals surface area (Å²) in [6, 6.07) is 6.67. The van der Waals surface area contributed by atoms with Gasteiger partial charge in [0.15, 0.2) is 0 Å². The van der Waals surface area contributed by atoms with Gasteiger partial charge in [-0.2, -0.15) is 0 Å². The van der Waals surface area contributed by atoms with Gasteiger partial charge in [0.05, 0.1) is 12.5 Å². The number of nitrogens with one attached hydrogen (secondary N) is 1. The largest absolute Gasteiger partial charge is 0.466 e. The molecule has 1 aromatic rings. The minimum Gasteiger partial charge on any atom is -0.466 e. The fraction of sp³-hybridized carbons (Fsp3) is 0.385. The summed E-state index contributed by atoms with van der Waals surface area (Å²) >= 11 is 0. The fourth-order valence-electron chi connectivity index (χ4n) is 1.40. The van der Waals surface area contributed by atoms with E-state index in [0.717, 1.165) is 0 Å². The van der Waals surface area contributed by atoms with Gasteiger partial charge in [-0.25, -0.2) is 0 Å². The van der Waals surface area contributed by atoms with Gasteiger partial charge in [-0.1, -0.05) is 13.0 Å². The van der Waals surface area contributed by atoms with E-state index >= 15 is 0 Å². The molecule has 3 N–H and O–H groups in total. The lowest BCUT2D eigenvalue weighted by atomic mass is 10.1. The van der Waals surface area contributed by atoms with Crippen molar-refractivity contribution in [1.29, 1.82) is 0 Å². The van der Waals surface area contributed by atoms with Crippen LogP contribution in [0.15, 0.2) is 24.3 Å². The predicted molar refractivity (Wildman–Crippen MR) is 76.2 cm³/mol. The van der Waals surface area contributed by atoms with Crippen LogP contribution in [0.3, 0.4) is 0 Å². The first-order valence-electron chi connectivity index (χ1n) is 5.85. The van der Waals surface area contributed by atoms with Crippen molar-refractivity contribution in [2.75, 3.05) is 18.9 Å². The van der Waals surface area contributed by atoms with Gasteiger partial charge in [0.1, 0.15) is 0 Å². The van der Waals surface area contributed by atoms with Crippen molar-refractivity contribution in [2.24, 2.45) is 5.92 Å². The number of nitrogen functional groups attached to an aromatic ring is 1. The lowest BCUT2D eigenvalue weighted by Gasteiger charge is -2.11. The van der Waals surface area contributed by atoms with E-state index in [2.05, 4.69) is 5.32 Å². The molecule has 1 aromatic carbocycles. The number of anilines is 1. The van der Waals surface area contributed by atoms with Crippen molar-refractivity contribution < 1.29 is 14.3 Å². The molecular formula is C13H19ClN2O3. The standard InChI is InChI=1S/C13H18N2O3.ClH/c1-3-18-13(17)9(2)8-15-12(16)10-5-4-6-11(14)7-10;/h4-7,9H,3,8,14H2,1-2H3,(H,15,16);1H. The van der Waals surface area contributed by atoms with Gasteiger partial charge in [-0.05, 0) is 25.1 Å². The number of halogens is 1. The number of rotatable bonds is 5. The minimum absolute atomic E-state index is 0. The number of esters is 1. The van der Waals surface area contributed by atoms with Gasteiger partial charge in [0, 0.05) is 17.8 Å². The third kappa shape index (κ3) is 5.61. The Hall–Kier alpha value is -1.75. The zero-order chi connectivity index (χ0) is 13.5. The number of benzene rings is 1. The molecule has 0 saturated heterocycles. The summed E-state index contributed by atoms with van der Waals surface area (Å²) < 4.78 is 4.85. The van der Waals surface area contributed by atoms with Crippen LogP contribution < -0.4 is 11.1 Å². The van der Waals surface area contributed by atoms with E-state index in [-0.39, 0.29) is 36.7 Å². The molecule has 5 nitrogen and oxygen atoms in total. The Balaban J connectivity index is 0.00000324. The van der Waals surface area contributed by atoms with Crippen molar-refractivity contribution >= 4 is 30.0 Å². The van der Waals surface area contributed by atoms with Gasteiger partial charge in [-0.3, -0.25) is 9.59 Å². The molecule has 0 spiro atoms. The molecule has 0 aliphatic heterocycles. The molecule has 6 heteroatoms. The monoisotopic (exact) mass is 286 g/mol. The first kappa shape index (κ1) is 17.2. The first-order chi connectivity index (χ1) is 8.54. The lowest BCUT2D eigenvalue weighted by molar-refractivity contribution is -0.147. The summed E-state index contributed by atoms with van der Waals surface area (Å²) in [5.41, 5.74) is 6.59. The van der Waals surface area contributed by atoms with E-state index in [1.165, 1.54) is 0 Å². The number of hydrogen-bond donors (Lipinski definition) is 2. The first-order valence-corrected chi connectivity index (χ1v) is 5.85. The topological polar surface area (TPSA) is 81.4 Å². The van der Waals surface area contributed by atoms with E-state index in [9.17, 15) is 9.59 Å². The van der Waals surface area contributed by atoms with Crippen molar-refractivity contribution in [2.45, 2.75) is 13.8 Å². The molecule has 0 radical (unpaired) electrons. The third-order valence-electron chi connectivity index (χ3n) is 2.41. The number of carbonyl (C=O) groups excluding carboxylic acids is 2. The highest BCUT2D eigenvalue weighted by molar-refractivity contribution is 5.95. The van der Waals surface area contributed by atoms with Gasteiger partial charge in [-0.15, -0.1) is 12.4 Å². The van der Waals surface area contributed by atoms with Crippen molar-refractivity contribution in [3.05, 3.63) is 29.8 Å². The molecule has 0 heterocycles. The highest BCUT2D eigenvalue weighted by atomic mass is 35.5. The molecule has 1 amide bonds. The summed E-state index contributed by atoms with van der Waals surface area (Å²) in [6.45, 7) is 4.03. The lowest BCUT2D eigenvalue weighted by Crippen LogP contribution is -2.32. The second kappa shape index (κ2) is 8.37. The van der Waals surface area contributed by atoms with Crippen LogP contribution in [-0.4, -0.2) is 25.0 Å². The maximum absolute atomic E-state index is 11.8. The molecule has 1 atom stereocenters. The fourth-order valence-corrected chi connectivity index (χ4v) is 1.40. The maximum atomic E-state index is 11.8. The Labute approximate surface area is 118 Å². The number of nitrogens with two attached hydrogens (primary N) is 1. The van der Waals surface area contributed by atoms with Gasteiger partial charge in [0.25, 0.3) is 5.91 Å². The number of ether oxygens (including phenoxy) is 1. The second-order valence-electron chi connectivity index (χ2n) is 3.99. The highest BCUT2D eigenvalue weighted by Crippen LogP contribution is 2.06. The van der Waals surface area contributed by atoms with Crippen molar-refractivity contribution in [3.8, 4) is 0 Å². The van der Waals surface area contributed by atoms with E-state index in [1.807, 2.05) is 0 Å². The molecule has 0 saturated carbocycles. The third-order valence-corrected chi connectivity index (χ3v) is 2.41. The van der Waals surface area contributed by atoms with Crippen molar-refractivity contribution in [3.63, 3.8) is 0 Å². The summed E-state index contributed by atoms with van der Waals surface area (Å²) in [7, 11) is 0. The normalized spacial score (nSPS) is 11.1. The molecule has 106 valence electrons. The summed E-state index contributed by atoms with van der Waals surface area (Å²) in [5, 5.41) is 2.67. The van der Waals surface area contributed by atoms with Crippen LogP contribution in [0.2, 0.25) is 0 Å². The molecule has 19 heavy (non-hydrogen) atoms. The molecule has 0 aliphatic rings. The average Bonchev–Trinajstić information content (AvgIpc) is 2.35. The smallest absolute Gasteiger partial charge is 0.310 e. The molecule has 1 unspecified atom stereocenters. The SMILES string of the molecule is CCOC(=O)C(C)CNC(=O)c1cccc(N)c1.Cl. The predicted octanol–water partition coefficient (Wildman–Crippen LogP) is 1.62. The van der Waals surface area contributed by atoms with E-state index in [0.29, 0.717) is 17.9 Å². The molecule has 0 aromatic heterocycles. The summed E-state index contributed by atoms with van der Waals surface area (Å²) in [5.74, 6) is -0.932. The number of amides is 1. The van der Waals surface area contributed by atoms with Crippen LogP contribution >= 0.6 is 12.4 Å². The second-order valence-corrected chi connectivity index (χ2v) is 3.99. The number of carbonyl (C=O) groups is 2. The average molecular weight is 287 g/mol. The molecule has 0 fully saturated rings. The Morgan fingerprint density at radius 2 is 2.11 bits per heavy atom. The van der Waals surface area contributed by atoms with Gasteiger partial charge >= 0.3 is 5.97 Å². The summed E-state index contributed by atoms with van der Waals surface area (Å²) in [4.78, 5) is 23.1. The van der Waals surface area contributed by atoms with Crippen molar-refractivity contribution in [1.82, 2.24) is 5.32 Å². The highest BCUT2D eigenvalue weighted by Gasteiger charge is 2.15. The van der Waals surface area contributed by atoms with E-state index in [4.69, 9.17) is 10.5 Å². The number of hydrogen-bond acceptors (Lipinski definition) is 4.